The van der Waals surface area contributed by atoms with Crippen molar-refractivity contribution in [3.8, 4) is 0 Å². The predicted molar refractivity (Wildman–Crippen MR) is 140 cm³/mol. The molecule has 4 aromatic rings. The van der Waals surface area contributed by atoms with Crippen LogP contribution in [-0.2, 0) is 27.4 Å². The van der Waals surface area contributed by atoms with Gasteiger partial charge in [-0.25, -0.2) is 9.07 Å². The maximum absolute atomic E-state index is 13.9. The number of fused-ring (bicyclic) bond motifs is 1. The molecule has 1 saturated heterocycles. The fourth-order valence-electron chi connectivity index (χ4n) is 4.70. The van der Waals surface area contributed by atoms with Gasteiger partial charge in [-0.2, -0.15) is 0 Å². The van der Waals surface area contributed by atoms with Crippen LogP contribution < -0.4 is 5.32 Å². The number of nitrogens with one attached hydrogen (secondary N) is 1. The van der Waals surface area contributed by atoms with Gasteiger partial charge in [0.25, 0.3) is 0 Å². The number of amides is 2. The van der Waals surface area contributed by atoms with E-state index >= 15 is 0 Å². The monoisotopic (exact) mass is 515 g/mol. The van der Waals surface area contributed by atoms with Crippen molar-refractivity contribution in [1.82, 2.24) is 25.2 Å². The van der Waals surface area contributed by atoms with Crippen molar-refractivity contribution in [2.24, 2.45) is 0 Å². The lowest BCUT2D eigenvalue weighted by Crippen LogP contribution is -2.46. The molecule has 0 unspecified atom stereocenters. The van der Waals surface area contributed by atoms with E-state index in [0.29, 0.717) is 29.8 Å². The molecule has 0 spiro atoms. The lowest BCUT2D eigenvalue weighted by molar-refractivity contribution is -0.142. The molecule has 3 aromatic carbocycles. The van der Waals surface area contributed by atoms with E-state index < -0.39 is 6.04 Å². The van der Waals surface area contributed by atoms with Crippen molar-refractivity contribution in [1.29, 1.82) is 0 Å². The normalized spacial score (nSPS) is 15.9. The molecule has 2 heterocycles. The third-order valence-electron chi connectivity index (χ3n) is 6.77. The molecule has 8 nitrogen and oxygen atoms in total. The second-order valence-corrected chi connectivity index (χ2v) is 9.58. The first-order valence-corrected chi connectivity index (χ1v) is 12.8. The molecule has 9 heteroatoms. The molecule has 0 saturated carbocycles. The van der Waals surface area contributed by atoms with Gasteiger partial charge >= 0.3 is 0 Å². The number of hydrogen-bond donors (Lipinski definition) is 1. The number of para-hydroxylation sites is 1. The van der Waals surface area contributed by atoms with E-state index in [2.05, 4.69) is 15.6 Å². The van der Waals surface area contributed by atoms with Gasteiger partial charge in [-0.15, -0.1) is 5.10 Å². The van der Waals surface area contributed by atoms with Crippen LogP contribution in [0.5, 0.6) is 0 Å². The molecule has 1 aliphatic rings. The van der Waals surface area contributed by atoms with Crippen molar-refractivity contribution in [2.75, 3.05) is 13.2 Å². The van der Waals surface area contributed by atoms with Crippen LogP contribution in [0.25, 0.3) is 11.0 Å². The van der Waals surface area contributed by atoms with Gasteiger partial charge in [0.1, 0.15) is 23.9 Å². The van der Waals surface area contributed by atoms with Crippen LogP contribution in [-0.4, -0.2) is 51.0 Å². The number of benzene rings is 3. The first-order valence-electron chi connectivity index (χ1n) is 12.8. The SMILES string of the molecule is Cc1ccc([C@@H](C(=O)NC[C@@H]2CCCO2)N(Cc2ccc(F)cc2)C(=O)Cn2nnc3ccccc32)cc1. The summed E-state index contributed by atoms with van der Waals surface area (Å²) in [5.74, 6) is -0.990. The van der Waals surface area contributed by atoms with Gasteiger partial charge in [-0.3, -0.25) is 9.59 Å². The van der Waals surface area contributed by atoms with Crippen LogP contribution in [0.4, 0.5) is 4.39 Å². The fourth-order valence-corrected chi connectivity index (χ4v) is 4.70. The van der Waals surface area contributed by atoms with Gasteiger partial charge in [-0.05, 0) is 55.2 Å². The number of rotatable bonds is 9. The zero-order valence-corrected chi connectivity index (χ0v) is 21.2. The minimum Gasteiger partial charge on any atom is -0.376 e. The average molecular weight is 516 g/mol. The summed E-state index contributed by atoms with van der Waals surface area (Å²) in [6.07, 6.45) is 1.80. The molecule has 5 rings (SSSR count). The number of aryl methyl sites for hydroxylation is 1. The molecule has 0 radical (unpaired) electrons. The number of ether oxygens (including phenoxy) is 1. The van der Waals surface area contributed by atoms with Crippen LogP contribution in [0.2, 0.25) is 0 Å². The van der Waals surface area contributed by atoms with Crippen molar-refractivity contribution in [3.63, 3.8) is 0 Å². The van der Waals surface area contributed by atoms with Crippen LogP contribution in [0.1, 0.15) is 35.6 Å². The standard InChI is InChI=1S/C29H30FN5O3/c1-20-8-12-22(13-9-20)28(29(37)31-17-24-5-4-16-38-24)34(18-21-10-14-23(30)15-11-21)27(36)19-35-26-7-3-2-6-25(26)32-33-35/h2-3,6-15,24,28H,4-5,16-19H2,1H3,(H,31,37)/t24-,28-/m0/s1. The summed E-state index contributed by atoms with van der Waals surface area (Å²) in [5, 5.41) is 11.3. The summed E-state index contributed by atoms with van der Waals surface area (Å²) in [6.45, 7) is 3.02. The summed E-state index contributed by atoms with van der Waals surface area (Å²) >= 11 is 0. The highest BCUT2D eigenvalue weighted by Crippen LogP contribution is 2.26. The van der Waals surface area contributed by atoms with Gasteiger partial charge < -0.3 is 15.0 Å². The minimum absolute atomic E-state index is 0.0413. The van der Waals surface area contributed by atoms with E-state index in [0.717, 1.165) is 23.9 Å². The Labute approximate surface area is 220 Å². The maximum atomic E-state index is 13.9. The Hall–Kier alpha value is -4.11. The lowest BCUT2D eigenvalue weighted by Gasteiger charge is -2.32. The molecule has 0 aliphatic carbocycles. The summed E-state index contributed by atoms with van der Waals surface area (Å²) in [4.78, 5) is 29.2. The van der Waals surface area contributed by atoms with Crippen LogP contribution >= 0.6 is 0 Å². The molecule has 196 valence electrons. The maximum Gasteiger partial charge on any atom is 0.247 e. The quantitative estimate of drug-likeness (QED) is 0.365. The second kappa shape index (κ2) is 11.5. The Morgan fingerprint density at radius 3 is 2.61 bits per heavy atom. The summed E-state index contributed by atoms with van der Waals surface area (Å²) < 4.78 is 20.9. The summed E-state index contributed by atoms with van der Waals surface area (Å²) in [7, 11) is 0. The Kier molecular flexibility index (Phi) is 7.74. The summed E-state index contributed by atoms with van der Waals surface area (Å²) in [6, 6.07) is 20.0. The highest BCUT2D eigenvalue weighted by atomic mass is 19.1. The van der Waals surface area contributed by atoms with Crippen molar-refractivity contribution >= 4 is 22.8 Å². The van der Waals surface area contributed by atoms with Crippen LogP contribution in [0.3, 0.4) is 0 Å². The van der Waals surface area contributed by atoms with Gasteiger partial charge in [-0.1, -0.05) is 59.3 Å². The van der Waals surface area contributed by atoms with Crippen molar-refractivity contribution < 1.29 is 18.7 Å². The molecule has 2 atom stereocenters. The average Bonchev–Trinajstić information content (AvgIpc) is 3.60. The van der Waals surface area contributed by atoms with Crippen LogP contribution in [0.15, 0.2) is 72.8 Å². The third kappa shape index (κ3) is 5.89. The smallest absolute Gasteiger partial charge is 0.247 e. The Morgan fingerprint density at radius 1 is 1.11 bits per heavy atom. The summed E-state index contributed by atoms with van der Waals surface area (Å²) in [5.41, 5.74) is 3.82. The van der Waals surface area contributed by atoms with E-state index in [1.54, 1.807) is 12.1 Å². The third-order valence-corrected chi connectivity index (χ3v) is 6.77. The highest BCUT2D eigenvalue weighted by Gasteiger charge is 2.32. The lowest BCUT2D eigenvalue weighted by atomic mass is 10.0. The van der Waals surface area contributed by atoms with Gasteiger partial charge in [0, 0.05) is 19.7 Å². The van der Waals surface area contributed by atoms with Gasteiger partial charge in [0.05, 0.1) is 11.6 Å². The van der Waals surface area contributed by atoms with Gasteiger partial charge in [0.15, 0.2) is 0 Å². The molecule has 38 heavy (non-hydrogen) atoms. The van der Waals surface area contributed by atoms with E-state index in [-0.39, 0.29) is 36.8 Å². The van der Waals surface area contributed by atoms with E-state index in [1.165, 1.54) is 21.7 Å². The molecule has 1 fully saturated rings. The molecular formula is C29H30FN5O3. The number of hydrogen-bond acceptors (Lipinski definition) is 5. The van der Waals surface area contributed by atoms with Crippen molar-refractivity contribution in [3.05, 3.63) is 95.3 Å². The number of nitrogens with zero attached hydrogens (tertiary/aromatic N) is 4. The molecule has 1 N–H and O–H groups in total. The molecule has 2 amide bonds. The molecule has 1 aliphatic heterocycles. The highest BCUT2D eigenvalue weighted by molar-refractivity contribution is 5.89. The Bertz CT molecular complexity index is 1400. The number of carbonyl (C=O) groups is 2. The van der Waals surface area contributed by atoms with E-state index in [1.807, 2.05) is 55.5 Å². The minimum atomic E-state index is -0.913. The van der Waals surface area contributed by atoms with Crippen LogP contribution in [0, 0.1) is 12.7 Å². The zero-order chi connectivity index (χ0) is 26.5. The zero-order valence-electron chi connectivity index (χ0n) is 21.2. The van der Waals surface area contributed by atoms with E-state index in [4.69, 9.17) is 4.74 Å². The number of aromatic nitrogens is 3. The second-order valence-electron chi connectivity index (χ2n) is 9.58. The number of halogens is 1. The number of carbonyl (C=O) groups excluding carboxylic acids is 2. The molecule has 0 bridgehead atoms. The Balaban J connectivity index is 1.49. The topological polar surface area (TPSA) is 89.4 Å². The largest absolute Gasteiger partial charge is 0.376 e. The van der Waals surface area contributed by atoms with Gasteiger partial charge in [0.2, 0.25) is 11.8 Å². The van der Waals surface area contributed by atoms with Crippen molar-refractivity contribution in [2.45, 2.75) is 45.0 Å². The molecule has 1 aromatic heterocycles. The first kappa shape index (κ1) is 25.5. The molecular weight excluding hydrogens is 485 g/mol. The van der Waals surface area contributed by atoms with E-state index in [9.17, 15) is 14.0 Å². The Morgan fingerprint density at radius 2 is 1.87 bits per heavy atom. The first-order chi connectivity index (χ1) is 18.5. The predicted octanol–water partition coefficient (Wildman–Crippen LogP) is 3.94. The fraction of sp³-hybridized carbons (Fsp3) is 0.310.